The molecule has 3 aliphatic heterocycles. The van der Waals surface area contributed by atoms with Gasteiger partial charge in [0.15, 0.2) is 12.6 Å². The Kier molecular flexibility index (Phi) is 15.2. The van der Waals surface area contributed by atoms with Crippen molar-refractivity contribution in [3.63, 3.8) is 0 Å². The van der Waals surface area contributed by atoms with Crippen molar-refractivity contribution in [2.24, 2.45) is 17.8 Å². The summed E-state index contributed by atoms with van der Waals surface area (Å²) in [4.78, 5) is 16.1. The van der Waals surface area contributed by atoms with E-state index in [0.29, 0.717) is 25.8 Å². The molecule has 0 aromatic rings. The molecule has 0 aliphatic carbocycles. The van der Waals surface area contributed by atoms with Crippen molar-refractivity contribution in [3.05, 3.63) is 0 Å². The molecule has 3 saturated heterocycles. The molecule has 0 bridgehead atoms. The summed E-state index contributed by atoms with van der Waals surface area (Å²) in [5.74, 6) is -2.36. The Balaban J connectivity index is 2.15. The Morgan fingerprint density at radius 2 is 1.60 bits per heavy atom. The van der Waals surface area contributed by atoms with Crippen LogP contribution in [0.3, 0.4) is 0 Å². The number of rotatable bonds is 7. The number of carbonyl (C=O) groups is 1. The van der Waals surface area contributed by atoms with Gasteiger partial charge in [0.1, 0.15) is 23.9 Å². The van der Waals surface area contributed by atoms with Crippen molar-refractivity contribution >= 4 is 5.97 Å². The third-order valence-electron chi connectivity index (χ3n) is 11.7. The maximum atomic E-state index is 14.1. The number of hydrogen-bond donors (Lipinski definition) is 5. The number of esters is 1. The fourth-order valence-electron chi connectivity index (χ4n) is 8.59. The summed E-state index contributed by atoms with van der Waals surface area (Å²) in [6.45, 7) is 18.7. The van der Waals surface area contributed by atoms with Crippen LogP contribution in [0.4, 0.5) is 0 Å². The number of hydrogen-bond acceptors (Lipinski definition) is 13. The van der Waals surface area contributed by atoms with E-state index in [-0.39, 0.29) is 37.0 Å². The molecule has 13 heteroatoms. The van der Waals surface area contributed by atoms with Crippen molar-refractivity contribution in [2.75, 3.05) is 27.7 Å². The van der Waals surface area contributed by atoms with Crippen LogP contribution in [0, 0.1) is 17.8 Å². The molecule has 0 radical (unpaired) electrons. The van der Waals surface area contributed by atoms with Crippen molar-refractivity contribution in [3.8, 4) is 0 Å². The van der Waals surface area contributed by atoms with E-state index in [4.69, 9.17) is 28.4 Å². The summed E-state index contributed by atoms with van der Waals surface area (Å²) in [5, 5.41) is 50.1. The molecule has 294 valence electrons. The van der Waals surface area contributed by atoms with E-state index in [1.165, 1.54) is 6.92 Å². The Bertz CT molecular complexity index is 1080. The first-order chi connectivity index (χ1) is 23.1. The zero-order valence-electron chi connectivity index (χ0n) is 32.9. The minimum atomic E-state index is -1.77. The Labute approximate surface area is 300 Å². The average Bonchev–Trinajstić information content (AvgIpc) is 3.03. The van der Waals surface area contributed by atoms with Crippen LogP contribution in [0.15, 0.2) is 0 Å². The van der Waals surface area contributed by atoms with E-state index in [1.54, 1.807) is 34.9 Å². The molecule has 0 amide bonds. The van der Waals surface area contributed by atoms with Gasteiger partial charge in [0.05, 0.1) is 41.5 Å². The number of nitrogens with one attached hydrogen (secondary N) is 1. The third kappa shape index (κ3) is 10.2. The van der Waals surface area contributed by atoms with Crippen LogP contribution < -0.4 is 5.32 Å². The van der Waals surface area contributed by atoms with Gasteiger partial charge in [0.2, 0.25) is 0 Å². The molecule has 3 rings (SSSR count). The molecule has 0 aromatic heterocycles. The number of nitrogens with zero attached hydrogens (tertiary/aromatic N) is 1. The van der Waals surface area contributed by atoms with Crippen molar-refractivity contribution in [2.45, 2.75) is 186 Å². The number of aliphatic hydroxyl groups is 4. The van der Waals surface area contributed by atoms with Crippen LogP contribution in [-0.2, 0) is 33.2 Å². The molecule has 0 spiro atoms. The van der Waals surface area contributed by atoms with Crippen molar-refractivity contribution < 1.29 is 53.6 Å². The van der Waals surface area contributed by atoms with Gasteiger partial charge in [-0.15, -0.1) is 0 Å². The third-order valence-corrected chi connectivity index (χ3v) is 11.7. The minimum Gasteiger partial charge on any atom is -0.459 e. The van der Waals surface area contributed by atoms with Crippen LogP contribution in [0.5, 0.6) is 0 Å². The molecule has 3 fully saturated rings. The SMILES string of the molecule is CC[C@H]1OC(=O)[C@H](C)[C@@H](O[C@H]2C[C@@](C)(OC)C[C@H](C)O2)[C@H](C)[C@@H](O[C@@H]2O[C@H](C)C[C@H](NC)[C@H]2O)[C@](C)(O)C[C@@H](C)CN(C)[C@H](C)[C@@H](O)[C@]1(C)O. The normalized spacial score (nSPS) is 49.5. The first kappa shape index (κ1) is 43.4. The Morgan fingerprint density at radius 1 is 0.960 bits per heavy atom. The van der Waals surface area contributed by atoms with E-state index in [0.717, 1.165) is 0 Å². The van der Waals surface area contributed by atoms with Gasteiger partial charge in [-0.2, -0.15) is 0 Å². The van der Waals surface area contributed by atoms with E-state index < -0.39 is 83.7 Å². The topological polar surface area (TPSA) is 169 Å². The molecular weight excluding hydrogens is 648 g/mol. The van der Waals surface area contributed by atoms with Gasteiger partial charge in [0.25, 0.3) is 0 Å². The fraction of sp³-hybridized carbons (Fsp3) is 0.973. The highest BCUT2D eigenvalue weighted by atomic mass is 16.7. The second-order valence-corrected chi connectivity index (χ2v) is 16.5. The smallest absolute Gasteiger partial charge is 0.311 e. The second-order valence-electron chi connectivity index (χ2n) is 16.5. The number of carbonyl (C=O) groups excluding carboxylic acids is 1. The molecule has 13 nitrogen and oxygen atoms in total. The van der Waals surface area contributed by atoms with Crippen LogP contribution in [0.1, 0.15) is 101 Å². The molecule has 17 atom stereocenters. The van der Waals surface area contributed by atoms with Crippen molar-refractivity contribution in [1.82, 2.24) is 10.2 Å². The lowest BCUT2D eigenvalue weighted by molar-refractivity contribution is -0.306. The predicted molar refractivity (Wildman–Crippen MR) is 188 cm³/mol. The lowest BCUT2D eigenvalue weighted by Crippen LogP contribution is -2.59. The Morgan fingerprint density at radius 3 is 2.18 bits per heavy atom. The molecule has 50 heavy (non-hydrogen) atoms. The maximum Gasteiger partial charge on any atom is 0.311 e. The van der Waals surface area contributed by atoms with E-state index in [1.807, 2.05) is 53.5 Å². The first-order valence-corrected chi connectivity index (χ1v) is 18.7. The van der Waals surface area contributed by atoms with Gasteiger partial charge in [0, 0.05) is 44.5 Å². The Hall–Kier alpha value is -0.970. The standard InChI is InChI=1S/C37H70N2O11/c1-14-27-37(10,44)31(41)25(7)39(12)19-20(2)16-36(9,43)32(50-34-29(40)26(38-11)15-21(3)47-34)23(5)30(24(6)33(42)48-27)49-28-18-35(8,45-13)17-22(4)46-28/h20-32,34,38,40-41,43-44H,14-19H2,1-13H3/t20-,21-,22+,23+,24-,25-,26+,27-,28+,29-,30+,31-,32-,34+,35+,36-,37-/m1/s1. The van der Waals surface area contributed by atoms with Gasteiger partial charge in [-0.25, -0.2) is 0 Å². The summed E-state index contributed by atoms with van der Waals surface area (Å²) in [7, 11) is 5.29. The predicted octanol–water partition coefficient (Wildman–Crippen LogP) is 2.59. The average molecular weight is 719 g/mol. The highest BCUT2D eigenvalue weighted by molar-refractivity contribution is 5.73. The van der Waals surface area contributed by atoms with Crippen LogP contribution >= 0.6 is 0 Å². The van der Waals surface area contributed by atoms with Crippen LogP contribution in [-0.4, -0.2) is 143 Å². The van der Waals surface area contributed by atoms with Crippen molar-refractivity contribution in [1.29, 1.82) is 0 Å². The molecule has 5 N–H and O–H groups in total. The zero-order chi connectivity index (χ0) is 37.9. The van der Waals surface area contributed by atoms with Gasteiger partial charge in [-0.05, 0) is 87.7 Å². The van der Waals surface area contributed by atoms with Gasteiger partial charge < -0.3 is 59.1 Å². The van der Waals surface area contributed by atoms with Crippen LogP contribution in [0.2, 0.25) is 0 Å². The van der Waals surface area contributed by atoms with Gasteiger partial charge in [-0.3, -0.25) is 4.79 Å². The van der Waals surface area contributed by atoms with E-state index >= 15 is 0 Å². The molecule has 3 heterocycles. The summed E-state index contributed by atoms with van der Waals surface area (Å²) >= 11 is 0. The molecule has 0 aromatic carbocycles. The lowest BCUT2D eigenvalue weighted by atomic mass is 9.77. The number of aliphatic hydroxyl groups excluding tert-OH is 2. The molecule has 0 unspecified atom stereocenters. The first-order valence-electron chi connectivity index (χ1n) is 18.7. The summed E-state index contributed by atoms with van der Waals surface area (Å²) in [6.07, 6.45) is -5.33. The zero-order valence-corrected chi connectivity index (χ0v) is 32.9. The number of ether oxygens (including phenoxy) is 6. The number of methoxy groups -OCH3 is 1. The van der Waals surface area contributed by atoms with Crippen LogP contribution in [0.25, 0.3) is 0 Å². The van der Waals surface area contributed by atoms with E-state index in [2.05, 4.69) is 5.32 Å². The number of likely N-dealkylation sites (N-methyl/N-ethyl adjacent to an activating group) is 2. The van der Waals surface area contributed by atoms with Gasteiger partial charge in [-0.1, -0.05) is 20.8 Å². The summed E-state index contributed by atoms with van der Waals surface area (Å²) in [6, 6.07) is -0.809. The highest BCUT2D eigenvalue weighted by Crippen LogP contribution is 2.39. The summed E-state index contributed by atoms with van der Waals surface area (Å²) in [5.41, 5.74) is -3.81. The lowest BCUT2D eigenvalue weighted by Gasteiger charge is -2.47. The molecule has 0 saturated carbocycles. The highest BCUT2D eigenvalue weighted by Gasteiger charge is 2.51. The largest absolute Gasteiger partial charge is 0.459 e. The van der Waals surface area contributed by atoms with Gasteiger partial charge >= 0.3 is 5.97 Å². The fourth-order valence-corrected chi connectivity index (χ4v) is 8.59. The monoisotopic (exact) mass is 718 g/mol. The quantitative estimate of drug-likeness (QED) is 0.244. The number of cyclic esters (lactones) is 1. The summed E-state index contributed by atoms with van der Waals surface area (Å²) < 4.78 is 37.7. The molecule has 3 aliphatic rings. The minimum absolute atomic E-state index is 0.110. The maximum absolute atomic E-state index is 14.1. The second kappa shape index (κ2) is 17.4. The van der Waals surface area contributed by atoms with E-state index in [9.17, 15) is 25.2 Å². The molecular formula is C37H70N2O11.